The van der Waals surface area contributed by atoms with Gasteiger partial charge in [-0.25, -0.2) is 16.8 Å². The molecule has 1 fully saturated rings. The largest absolute Gasteiger partial charge is 0.501 e. The van der Waals surface area contributed by atoms with Gasteiger partial charge in [-0.1, -0.05) is 0 Å². The van der Waals surface area contributed by atoms with Gasteiger partial charge in [0.25, 0.3) is 9.84 Å². The summed E-state index contributed by atoms with van der Waals surface area (Å²) in [5.41, 5.74) is -6.65. The van der Waals surface area contributed by atoms with E-state index >= 15 is 0 Å². The van der Waals surface area contributed by atoms with Crippen LogP contribution in [0.3, 0.4) is 0 Å². The number of alkyl halides is 3. The number of sulfonamides is 1. The van der Waals surface area contributed by atoms with Crippen LogP contribution in [0.2, 0.25) is 0 Å². The highest BCUT2D eigenvalue weighted by Crippen LogP contribution is 2.37. The van der Waals surface area contributed by atoms with E-state index in [4.69, 9.17) is 9.47 Å². The van der Waals surface area contributed by atoms with E-state index in [0.717, 1.165) is 6.07 Å². The van der Waals surface area contributed by atoms with Crippen LogP contribution in [0.4, 0.5) is 18.9 Å². The number of hydrogen-bond donors (Lipinski definition) is 0. The zero-order valence-electron chi connectivity index (χ0n) is 16.0. The summed E-state index contributed by atoms with van der Waals surface area (Å²) in [5.74, 6) is -0.583. The zero-order valence-corrected chi connectivity index (χ0v) is 17.6. The molecule has 0 saturated carbocycles. The first kappa shape index (κ1) is 23.9. The minimum Gasteiger partial charge on any atom is -0.450 e. The molecule has 2 aromatic carbocycles. The number of sulfone groups is 1. The molecule has 1 aliphatic heterocycles. The molecule has 1 heterocycles. The molecule has 0 aliphatic carbocycles. The maximum Gasteiger partial charge on any atom is 0.501 e. The fraction of sp³-hybridized carbons (Fsp3) is 0.294. The lowest BCUT2D eigenvalue weighted by molar-refractivity contribution is -0.385. The maximum absolute atomic E-state index is 12.7. The van der Waals surface area contributed by atoms with Gasteiger partial charge in [0.05, 0.1) is 27.9 Å². The Labute approximate surface area is 180 Å². The molecule has 0 spiro atoms. The second-order valence-corrected chi connectivity index (χ2v) is 10.3. The lowest BCUT2D eigenvalue weighted by Crippen LogP contribution is -2.40. The third-order valence-corrected chi connectivity index (χ3v) is 7.80. The quantitative estimate of drug-likeness (QED) is 0.440. The Kier molecular flexibility index (Phi) is 6.46. The van der Waals surface area contributed by atoms with Crippen LogP contribution in [0.25, 0.3) is 0 Å². The van der Waals surface area contributed by atoms with Gasteiger partial charge in [-0.3, -0.25) is 10.1 Å². The van der Waals surface area contributed by atoms with Crippen LogP contribution in [0.5, 0.6) is 11.5 Å². The molecular weight excluding hydrogens is 481 g/mol. The summed E-state index contributed by atoms with van der Waals surface area (Å²) in [6.07, 6.45) is 0. The molecule has 1 saturated heterocycles. The van der Waals surface area contributed by atoms with Crippen molar-refractivity contribution < 1.29 is 44.4 Å². The van der Waals surface area contributed by atoms with Crippen molar-refractivity contribution in [3.05, 3.63) is 52.6 Å². The van der Waals surface area contributed by atoms with Gasteiger partial charge in [-0.2, -0.15) is 17.5 Å². The minimum atomic E-state index is -5.80. The van der Waals surface area contributed by atoms with E-state index in [1.165, 1.54) is 28.6 Å². The van der Waals surface area contributed by atoms with E-state index in [1.807, 2.05) is 0 Å². The van der Waals surface area contributed by atoms with Gasteiger partial charge in [0.15, 0.2) is 0 Å². The highest BCUT2D eigenvalue weighted by molar-refractivity contribution is 7.92. The van der Waals surface area contributed by atoms with Crippen molar-refractivity contribution in [2.45, 2.75) is 15.3 Å². The average molecular weight is 496 g/mol. The predicted octanol–water partition coefficient (Wildman–Crippen LogP) is 2.70. The van der Waals surface area contributed by atoms with Crippen LogP contribution >= 0.6 is 0 Å². The lowest BCUT2D eigenvalue weighted by atomic mass is 10.3. The molecule has 1 aliphatic rings. The third kappa shape index (κ3) is 4.69. The smallest absolute Gasteiger partial charge is 0.450 e. The van der Waals surface area contributed by atoms with E-state index in [1.54, 1.807) is 0 Å². The molecule has 0 bridgehead atoms. The molecule has 0 atom stereocenters. The van der Waals surface area contributed by atoms with Gasteiger partial charge in [0.1, 0.15) is 5.75 Å². The first-order chi connectivity index (χ1) is 14.8. The Morgan fingerprint density at radius 2 is 1.53 bits per heavy atom. The number of hydrogen-bond acceptors (Lipinski definition) is 8. The number of benzene rings is 2. The van der Waals surface area contributed by atoms with Crippen molar-refractivity contribution in [1.82, 2.24) is 4.31 Å². The third-order valence-electron chi connectivity index (χ3n) is 4.40. The summed E-state index contributed by atoms with van der Waals surface area (Å²) in [4.78, 5) is 8.79. The lowest BCUT2D eigenvalue weighted by Gasteiger charge is -2.26. The highest BCUT2D eigenvalue weighted by atomic mass is 32.2. The molecule has 32 heavy (non-hydrogen) atoms. The Morgan fingerprint density at radius 1 is 0.969 bits per heavy atom. The summed E-state index contributed by atoms with van der Waals surface area (Å²) < 4.78 is 98.0. The van der Waals surface area contributed by atoms with E-state index in [9.17, 15) is 40.1 Å². The molecule has 0 unspecified atom stereocenters. The van der Waals surface area contributed by atoms with Gasteiger partial charge >= 0.3 is 11.2 Å². The van der Waals surface area contributed by atoms with Crippen LogP contribution < -0.4 is 4.74 Å². The van der Waals surface area contributed by atoms with Crippen LogP contribution in [0.1, 0.15) is 0 Å². The van der Waals surface area contributed by atoms with E-state index in [0.29, 0.717) is 6.07 Å². The molecule has 10 nitrogen and oxygen atoms in total. The van der Waals surface area contributed by atoms with Gasteiger partial charge in [0, 0.05) is 19.2 Å². The van der Waals surface area contributed by atoms with Crippen molar-refractivity contribution in [2.24, 2.45) is 0 Å². The van der Waals surface area contributed by atoms with Crippen molar-refractivity contribution in [2.75, 3.05) is 26.3 Å². The van der Waals surface area contributed by atoms with Crippen LogP contribution in [0, 0.1) is 10.1 Å². The van der Waals surface area contributed by atoms with Gasteiger partial charge < -0.3 is 9.47 Å². The Hall–Kier alpha value is -2.75. The van der Waals surface area contributed by atoms with Crippen molar-refractivity contribution >= 4 is 25.5 Å². The maximum atomic E-state index is 12.7. The van der Waals surface area contributed by atoms with E-state index in [2.05, 4.69) is 0 Å². The number of morpholine rings is 1. The monoisotopic (exact) mass is 496 g/mol. The number of rotatable bonds is 6. The standard InChI is InChI=1S/C17H15F3N2O8S2/c18-17(19,20)31(25,26)14-5-6-16(15(11-14)22(23)24)30-12-1-3-13(4-2-12)32(27,28)21-7-9-29-10-8-21/h1-6,11H,7-10H2. The minimum absolute atomic E-state index is 0.0551. The summed E-state index contributed by atoms with van der Waals surface area (Å²) >= 11 is 0. The summed E-state index contributed by atoms with van der Waals surface area (Å²) in [7, 11) is -9.59. The second kappa shape index (κ2) is 8.65. The number of nitro benzene ring substituents is 1. The summed E-state index contributed by atoms with van der Waals surface area (Å²) in [5, 5.41) is 11.3. The summed E-state index contributed by atoms with van der Waals surface area (Å²) in [6, 6.07) is 6.31. The molecule has 3 rings (SSSR count). The SMILES string of the molecule is O=[N+]([O-])c1cc(S(=O)(=O)C(F)(F)F)ccc1Oc1ccc(S(=O)(=O)N2CCOCC2)cc1. The second-order valence-electron chi connectivity index (χ2n) is 6.43. The fourth-order valence-corrected chi connectivity index (χ4v) is 4.96. The van der Waals surface area contributed by atoms with Gasteiger partial charge in [0.2, 0.25) is 15.8 Å². The Morgan fingerprint density at radius 3 is 2.06 bits per heavy atom. The summed E-state index contributed by atoms with van der Waals surface area (Å²) in [6.45, 7) is 0.869. The molecule has 0 amide bonds. The van der Waals surface area contributed by atoms with E-state index in [-0.39, 0.29) is 43.0 Å². The topological polar surface area (TPSA) is 133 Å². The highest BCUT2D eigenvalue weighted by Gasteiger charge is 2.47. The molecule has 174 valence electrons. The van der Waals surface area contributed by atoms with E-state index < -0.39 is 46.6 Å². The van der Waals surface area contributed by atoms with Gasteiger partial charge in [-0.15, -0.1) is 0 Å². The molecule has 0 radical (unpaired) electrons. The molecule has 0 aromatic heterocycles. The average Bonchev–Trinajstić information content (AvgIpc) is 2.74. The first-order valence-electron chi connectivity index (χ1n) is 8.79. The van der Waals surface area contributed by atoms with Crippen LogP contribution in [-0.4, -0.2) is 57.9 Å². The number of halogens is 3. The van der Waals surface area contributed by atoms with Crippen LogP contribution in [-0.2, 0) is 24.6 Å². The zero-order chi connectivity index (χ0) is 23.7. The van der Waals surface area contributed by atoms with Crippen molar-refractivity contribution in [1.29, 1.82) is 0 Å². The molecule has 15 heteroatoms. The number of nitrogens with zero attached hydrogens (tertiary/aromatic N) is 2. The number of nitro groups is 1. The molecule has 2 aromatic rings. The predicted molar refractivity (Wildman–Crippen MR) is 102 cm³/mol. The number of ether oxygens (including phenoxy) is 2. The fourth-order valence-electron chi connectivity index (χ4n) is 2.77. The van der Waals surface area contributed by atoms with Crippen molar-refractivity contribution in [3.8, 4) is 11.5 Å². The van der Waals surface area contributed by atoms with Crippen LogP contribution in [0.15, 0.2) is 52.3 Å². The Bertz CT molecular complexity index is 1220. The molecular formula is C17H15F3N2O8S2. The normalized spacial score (nSPS) is 16.0. The van der Waals surface area contributed by atoms with Gasteiger partial charge in [-0.05, 0) is 36.4 Å². The molecule has 0 N–H and O–H groups in total. The van der Waals surface area contributed by atoms with Crippen molar-refractivity contribution in [3.63, 3.8) is 0 Å². The Balaban J connectivity index is 1.88. The first-order valence-corrected chi connectivity index (χ1v) is 11.7.